The summed E-state index contributed by atoms with van der Waals surface area (Å²) in [6.45, 7) is 3.72. The van der Waals surface area contributed by atoms with Crippen molar-refractivity contribution in [3.05, 3.63) is 87.6 Å². The quantitative estimate of drug-likeness (QED) is 0.394. The van der Waals surface area contributed by atoms with E-state index in [2.05, 4.69) is 10.5 Å². The van der Waals surface area contributed by atoms with E-state index in [-0.39, 0.29) is 18.0 Å². The van der Waals surface area contributed by atoms with Gasteiger partial charge in [-0.3, -0.25) is 4.79 Å². The molecular weight excluding hydrogens is 430 g/mol. The van der Waals surface area contributed by atoms with Crippen molar-refractivity contribution in [2.24, 2.45) is 5.10 Å². The molecule has 0 saturated carbocycles. The van der Waals surface area contributed by atoms with Crippen LogP contribution in [0.4, 0.5) is 0 Å². The van der Waals surface area contributed by atoms with Crippen molar-refractivity contribution in [3.8, 4) is 0 Å². The number of aryl methyl sites for hydroxylation is 2. The largest absolute Gasteiger partial charge is 0.272 e. The Hall–Kier alpha value is -2.81. The standard InChI is InChI=1S/C23H25N3O3S2/c1-18-8-10-21(11-9-18)31(28,29)26(14-12-20-6-4-3-5-7-20)17-23(27)25-24-16-22-19(2)13-15-30-22/h3-11,13,15-16H,12,14,17H2,1-2H3,(H,25,27)/b24-16-. The predicted molar refractivity (Wildman–Crippen MR) is 125 cm³/mol. The predicted octanol–water partition coefficient (Wildman–Crippen LogP) is 3.75. The number of nitrogens with zero attached hydrogens (tertiary/aromatic N) is 2. The van der Waals surface area contributed by atoms with Crippen molar-refractivity contribution < 1.29 is 13.2 Å². The van der Waals surface area contributed by atoms with Gasteiger partial charge in [-0.1, -0.05) is 48.0 Å². The van der Waals surface area contributed by atoms with Crippen molar-refractivity contribution >= 4 is 33.5 Å². The van der Waals surface area contributed by atoms with Crippen LogP contribution in [0.5, 0.6) is 0 Å². The van der Waals surface area contributed by atoms with Crippen LogP contribution in [0.2, 0.25) is 0 Å². The lowest BCUT2D eigenvalue weighted by atomic mass is 10.1. The van der Waals surface area contributed by atoms with Gasteiger partial charge in [0.05, 0.1) is 17.7 Å². The number of amides is 1. The maximum absolute atomic E-state index is 13.2. The number of carbonyl (C=O) groups excluding carboxylic acids is 1. The highest BCUT2D eigenvalue weighted by Crippen LogP contribution is 2.17. The molecule has 0 radical (unpaired) electrons. The van der Waals surface area contributed by atoms with E-state index >= 15 is 0 Å². The van der Waals surface area contributed by atoms with Crippen LogP contribution in [-0.2, 0) is 21.2 Å². The highest BCUT2D eigenvalue weighted by atomic mass is 32.2. The Morgan fingerprint density at radius 3 is 2.42 bits per heavy atom. The number of carbonyl (C=O) groups is 1. The Labute approximate surface area is 187 Å². The molecule has 8 heteroatoms. The molecular formula is C23H25N3O3S2. The van der Waals surface area contributed by atoms with Crippen molar-refractivity contribution in [2.75, 3.05) is 13.1 Å². The summed E-state index contributed by atoms with van der Waals surface area (Å²) in [5, 5.41) is 5.92. The summed E-state index contributed by atoms with van der Waals surface area (Å²) in [5.74, 6) is -0.491. The van der Waals surface area contributed by atoms with Crippen LogP contribution in [0.3, 0.4) is 0 Å². The van der Waals surface area contributed by atoms with E-state index in [1.54, 1.807) is 30.5 Å². The summed E-state index contributed by atoms with van der Waals surface area (Å²) in [6, 6.07) is 18.2. The third-order valence-corrected chi connectivity index (χ3v) is 7.56. The van der Waals surface area contributed by atoms with E-state index < -0.39 is 15.9 Å². The molecule has 0 aliphatic carbocycles. The number of hydrazone groups is 1. The Kier molecular flexibility index (Phi) is 7.73. The summed E-state index contributed by atoms with van der Waals surface area (Å²) in [5.41, 5.74) is 5.47. The van der Waals surface area contributed by atoms with E-state index in [9.17, 15) is 13.2 Å². The van der Waals surface area contributed by atoms with E-state index in [1.807, 2.05) is 55.6 Å². The molecule has 0 fully saturated rings. The van der Waals surface area contributed by atoms with Crippen LogP contribution in [0, 0.1) is 13.8 Å². The normalized spacial score (nSPS) is 11.8. The van der Waals surface area contributed by atoms with E-state index in [0.29, 0.717) is 6.42 Å². The third kappa shape index (κ3) is 6.33. The van der Waals surface area contributed by atoms with Crippen molar-refractivity contribution in [1.82, 2.24) is 9.73 Å². The minimum Gasteiger partial charge on any atom is -0.272 e. The van der Waals surface area contributed by atoms with Crippen LogP contribution in [0.15, 0.2) is 76.0 Å². The van der Waals surface area contributed by atoms with Gasteiger partial charge in [0.1, 0.15) is 0 Å². The number of benzene rings is 2. The van der Waals surface area contributed by atoms with Gasteiger partial charge < -0.3 is 0 Å². The molecule has 1 aromatic heterocycles. The summed E-state index contributed by atoms with van der Waals surface area (Å²) < 4.78 is 27.6. The maximum Gasteiger partial charge on any atom is 0.255 e. The van der Waals surface area contributed by atoms with Crippen LogP contribution >= 0.6 is 11.3 Å². The lowest BCUT2D eigenvalue weighted by molar-refractivity contribution is -0.121. The zero-order valence-corrected chi connectivity index (χ0v) is 19.1. The Morgan fingerprint density at radius 2 is 1.77 bits per heavy atom. The SMILES string of the molecule is Cc1ccc(S(=O)(=O)N(CCc2ccccc2)CC(=O)N/N=C\c2sccc2C)cc1. The maximum atomic E-state index is 13.2. The summed E-state index contributed by atoms with van der Waals surface area (Å²) in [6.07, 6.45) is 2.07. The van der Waals surface area contributed by atoms with Crippen molar-refractivity contribution in [1.29, 1.82) is 0 Å². The van der Waals surface area contributed by atoms with Crippen LogP contribution in [0.1, 0.15) is 21.6 Å². The lowest BCUT2D eigenvalue weighted by Crippen LogP contribution is -2.40. The molecule has 2 aromatic carbocycles. The van der Waals surface area contributed by atoms with E-state index in [1.165, 1.54) is 15.6 Å². The minimum atomic E-state index is -3.84. The first kappa shape index (κ1) is 22.9. The molecule has 0 aliphatic rings. The van der Waals surface area contributed by atoms with Gasteiger partial charge in [-0.15, -0.1) is 11.3 Å². The van der Waals surface area contributed by atoms with Gasteiger partial charge in [-0.05, 0) is 55.0 Å². The van der Waals surface area contributed by atoms with Crippen LogP contribution < -0.4 is 5.43 Å². The second kappa shape index (κ2) is 10.5. The van der Waals surface area contributed by atoms with Gasteiger partial charge in [0.15, 0.2) is 0 Å². The molecule has 1 amide bonds. The number of hydrogen-bond donors (Lipinski definition) is 1. The van der Waals surface area contributed by atoms with Gasteiger partial charge in [-0.25, -0.2) is 13.8 Å². The monoisotopic (exact) mass is 455 g/mol. The fraction of sp³-hybridized carbons (Fsp3) is 0.217. The summed E-state index contributed by atoms with van der Waals surface area (Å²) in [4.78, 5) is 13.6. The van der Waals surface area contributed by atoms with Gasteiger partial charge in [0.25, 0.3) is 5.91 Å². The molecule has 162 valence electrons. The first-order chi connectivity index (χ1) is 14.9. The fourth-order valence-corrected chi connectivity index (χ4v) is 5.10. The number of thiophene rings is 1. The number of hydrogen-bond acceptors (Lipinski definition) is 5. The average Bonchev–Trinajstić information content (AvgIpc) is 3.16. The second-order valence-corrected chi connectivity index (χ2v) is 10.0. The van der Waals surface area contributed by atoms with Gasteiger partial charge in [0.2, 0.25) is 10.0 Å². The van der Waals surface area contributed by atoms with E-state index in [4.69, 9.17) is 0 Å². The Bertz CT molecular complexity index is 1140. The molecule has 0 bridgehead atoms. The minimum absolute atomic E-state index is 0.164. The molecule has 3 rings (SSSR count). The molecule has 1 heterocycles. The number of nitrogens with one attached hydrogen (secondary N) is 1. The highest BCUT2D eigenvalue weighted by Gasteiger charge is 2.26. The zero-order valence-electron chi connectivity index (χ0n) is 17.5. The second-order valence-electron chi connectivity index (χ2n) is 7.15. The summed E-state index contributed by atoms with van der Waals surface area (Å²) >= 11 is 1.52. The van der Waals surface area contributed by atoms with Gasteiger partial charge in [-0.2, -0.15) is 9.41 Å². The first-order valence-electron chi connectivity index (χ1n) is 9.83. The molecule has 0 aliphatic heterocycles. The van der Waals surface area contributed by atoms with Crippen LogP contribution in [0.25, 0.3) is 0 Å². The molecule has 0 spiro atoms. The average molecular weight is 456 g/mol. The van der Waals surface area contributed by atoms with Gasteiger partial charge in [0, 0.05) is 11.4 Å². The first-order valence-corrected chi connectivity index (χ1v) is 12.1. The van der Waals surface area contributed by atoms with Gasteiger partial charge >= 0.3 is 0 Å². The number of rotatable bonds is 9. The smallest absolute Gasteiger partial charge is 0.255 e. The molecule has 6 nitrogen and oxygen atoms in total. The molecule has 1 N–H and O–H groups in total. The molecule has 0 saturated heterocycles. The molecule has 3 aromatic rings. The Balaban J connectivity index is 1.74. The van der Waals surface area contributed by atoms with E-state index in [0.717, 1.165) is 21.6 Å². The zero-order chi connectivity index (χ0) is 22.3. The molecule has 31 heavy (non-hydrogen) atoms. The topological polar surface area (TPSA) is 78.8 Å². The van der Waals surface area contributed by atoms with Crippen LogP contribution in [-0.4, -0.2) is 37.9 Å². The lowest BCUT2D eigenvalue weighted by Gasteiger charge is -2.21. The van der Waals surface area contributed by atoms with Crippen molar-refractivity contribution in [3.63, 3.8) is 0 Å². The molecule has 0 atom stereocenters. The number of sulfonamides is 1. The summed E-state index contributed by atoms with van der Waals surface area (Å²) in [7, 11) is -3.84. The molecule has 0 unspecified atom stereocenters. The Morgan fingerprint density at radius 1 is 1.06 bits per heavy atom. The highest BCUT2D eigenvalue weighted by molar-refractivity contribution is 7.89. The van der Waals surface area contributed by atoms with Crippen molar-refractivity contribution in [2.45, 2.75) is 25.2 Å². The third-order valence-electron chi connectivity index (χ3n) is 4.74. The fourth-order valence-electron chi connectivity index (χ4n) is 2.92.